The molecule has 2 atom stereocenters. The third-order valence-corrected chi connectivity index (χ3v) is 4.22. The lowest BCUT2D eigenvalue weighted by molar-refractivity contribution is -0.173. The van der Waals surface area contributed by atoms with Crippen LogP contribution in [0, 0.1) is 11.8 Å². The molecule has 88 valence electrons. The highest BCUT2D eigenvalue weighted by atomic mass is 19.4. The predicted molar refractivity (Wildman–Crippen MR) is 52.3 cm³/mol. The van der Waals surface area contributed by atoms with Gasteiger partial charge in [0, 0.05) is 5.54 Å². The maximum atomic E-state index is 12.5. The van der Waals surface area contributed by atoms with E-state index in [2.05, 4.69) is 0 Å². The highest BCUT2D eigenvalue weighted by Crippen LogP contribution is 2.48. The molecule has 2 aliphatic carbocycles. The molecule has 4 heteroatoms. The molecule has 2 saturated carbocycles. The van der Waals surface area contributed by atoms with E-state index in [-0.39, 0.29) is 12.8 Å². The Hall–Kier alpha value is -0.250. The molecule has 2 aliphatic rings. The minimum absolute atomic E-state index is 0.154. The van der Waals surface area contributed by atoms with E-state index in [1.165, 1.54) is 0 Å². The maximum absolute atomic E-state index is 12.5. The van der Waals surface area contributed by atoms with E-state index in [4.69, 9.17) is 5.73 Å². The molecule has 0 radical (unpaired) electrons. The molecular formula is C11H18F3N. The Morgan fingerprint density at radius 2 is 1.67 bits per heavy atom. The topological polar surface area (TPSA) is 26.0 Å². The van der Waals surface area contributed by atoms with Gasteiger partial charge in [-0.15, -0.1) is 0 Å². The van der Waals surface area contributed by atoms with Crippen LogP contribution >= 0.6 is 0 Å². The third kappa shape index (κ3) is 2.14. The Balaban J connectivity index is 2.01. The average molecular weight is 221 g/mol. The molecule has 0 amide bonds. The summed E-state index contributed by atoms with van der Waals surface area (Å²) in [5, 5.41) is 0. The SMILES string of the molecule is NC1(C2CCCC2)CCC(C(F)(F)F)C1. The van der Waals surface area contributed by atoms with Gasteiger partial charge in [0.25, 0.3) is 0 Å². The van der Waals surface area contributed by atoms with Gasteiger partial charge in [-0.3, -0.25) is 0 Å². The molecule has 0 spiro atoms. The van der Waals surface area contributed by atoms with E-state index < -0.39 is 17.6 Å². The molecule has 0 heterocycles. The lowest BCUT2D eigenvalue weighted by Gasteiger charge is -2.31. The summed E-state index contributed by atoms with van der Waals surface area (Å²) in [6.07, 6.45) is 1.24. The van der Waals surface area contributed by atoms with Crippen molar-refractivity contribution in [1.82, 2.24) is 0 Å². The number of hydrogen-bond acceptors (Lipinski definition) is 1. The Labute approximate surface area is 88.2 Å². The van der Waals surface area contributed by atoms with Crippen molar-refractivity contribution in [1.29, 1.82) is 0 Å². The summed E-state index contributed by atoms with van der Waals surface area (Å²) in [4.78, 5) is 0. The summed E-state index contributed by atoms with van der Waals surface area (Å²) in [6.45, 7) is 0. The third-order valence-electron chi connectivity index (χ3n) is 4.22. The van der Waals surface area contributed by atoms with Gasteiger partial charge in [0.1, 0.15) is 0 Å². The number of halogens is 3. The van der Waals surface area contributed by atoms with Gasteiger partial charge >= 0.3 is 6.18 Å². The van der Waals surface area contributed by atoms with Crippen molar-refractivity contribution in [3.8, 4) is 0 Å². The molecule has 0 aromatic rings. The first kappa shape index (κ1) is 11.2. The van der Waals surface area contributed by atoms with Crippen LogP contribution in [0.25, 0.3) is 0 Å². The Bertz CT molecular complexity index is 232. The molecule has 2 fully saturated rings. The van der Waals surface area contributed by atoms with Crippen molar-refractivity contribution in [2.24, 2.45) is 17.6 Å². The number of hydrogen-bond donors (Lipinski definition) is 1. The van der Waals surface area contributed by atoms with Crippen molar-refractivity contribution in [2.75, 3.05) is 0 Å². The highest BCUT2D eigenvalue weighted by molar-refractivity contribution is 5.01. The highest BCUT2D eigenvalue weighted by Gasteiger charge is 2.51. The summed E-state index contributed by atoms with van der Waals surface area (Å²) in [6, 6.07) is 0. The van der Waals surface area contributed by atoms with Crippen LogP contribution in [0.2, 0.25) is 0 Å². The van der Waals surface area contributed by atoms with Crippen LogP contribution < -0.4 is 5.73 Å². The quantitative estimate of drug-likeness (QED) is 0.722. The van der Waals surface area contributed by atoms with Gasteiger partial charge < -0.3 is 5.73 Å². The zero-order valence-electron chi connectivity index (χ0n) is 8.82. The van der Waals surface area contributed by atoms with Crippen LogP contribution in [-0.2, 0) is 0 Å². The molecule has 2 N–H and O–H groups in total. The Kier molecular flexibility index (Phi) is 2.73. The summed E-state index contributed by atoms with van der Waals surface area (Å²) in [7, 11) is 0. The normalized spacial score (nSPS) is 38.8. The molecule has 2 unspecified atom stereocenters. The lowest BCUT2D eigenvalue weighted by atomic mass is 9.81. The first-order valence-electron chi connectivity index (χ1n) is 5.77. The minimum Gasteiger partial charge on any atom is -0.325 e. The van der Waals surface area contributed by atoms with Gasteiger partial charge in [0.15, 0.2) is 0 Å². The second kappa shape index (κ2) is 3.65. The fourth-order valence-corrected chi connectivity index (χ4v) is 3.26. The van der Waals surface area contributed by atoms with Crippen LogP contribution in [0.3, 0.4) is 0 Å². The van der Waals surface area contributed by atoms with Gasteiger partial charge in [-0.1, -0.05) is 12.8 Å². The van der Waals surface area contributed by atoms with Crippen molar-refractivity contribution < 1.29 is 13.2 Å². The summed E-state index contributed by atoms with van der Waals surface area (Å²) >= 11 is 0. The summed E-state index contributed by atoms with van der Waals surface area (Å²) in [5.74, 6) is -0.812. The van der Waals surface area contributed by atoms with Gasteiger partial charge in [-0.25, -0.2) is 0 Å². The molecule has 0 aliphatic heterocycles. The van der Waals surface area contributed by atoms with E-state index in [0.717, 1.165) is 25.7 Å². The maximum Gasteiger partial charge on any atom is 0.391 e. The fraction of sp³-hybridized carbons (Fsp3) is 1.00. The van der Waals surface area contributed by atoms with Gasteiger partial charge in [0.05, 0.1) is 5.92 Å². The molecule has 0 saturated heterocycles. The van der Waals surface area contributed by atoms with Crippen LogP contribution in [0.1, 0.15) is 44.9 Å². The van der Waals surface area contributed by atoms with Crippen molar-refractivity contribution in [2.45, 2.75) is 56.7 Å². The molecule has 0 bridgehead atoms. The number of alkyl halides is 3. The van der Waals surface area contributed by atoms with E-state index in [1.807, 2.05) is 0 Å². The average Bonchev–Trinajstić information content (AvgIpc) is 2.69. The largest absolute Gasteiger partial charge is 0.391 e. The lowest BCUT2D eigenvalue weighted by Crippen LogP contribution is -2.44. The van der Waals surface area contributed by atoms with E-state index in [9.17, 15) is 13.2 Å². The molecule has 0 aromatic carbocycles. The van der Waals surface area contributed by atoms with Gasteiger partial charge in [-0.2, -0.15) is 13.2 Å². The van der Waals surface area contributed by atoms with Crippen LogP contribution in [-0.4, -0.2) is 11.7 Å². The number of rotatable bonds is 1. The van der Waals surface area contributed by atoms with Crippen molar-refractivity contribution in [3.05, 3.63) is 0 Å². The van der Waals surface area contributed by atoms with Crippen LogP contribution in [0.4, 0.5) is 13.2 Å². The zero-order chi connectivity index (χ0) is 11.1. The van der Waals surface area contributed by atoms with E-state index in [1.54, 1.807) is 0 Å². The second-order valence-corrected chi connectivity index (χ2v) is 5.20. The van der Waals surface area contributed by atoms with Crippen LogP contribution in [0.5, 0.6) is 0 Å². The van der Waals surface area contributed by atoms with Crippen molar-refractivity contribution in [3.63, 3.8) is 0 Å². The molecule has 15 heavy (non-hydrogen) atoms. The Morgan fingerprint density at radius 1 is 1.07 bits per heavy atom. The predicted octanol–water partition coefficient (Wildman–Crippen LogP) is 3.24. The van der Waals surface area contributed by atoms with Crippen molar-refractivity contribution >= 4 is 0 Å². The summed E-state index contributed by atoms with van der Waals surface area (Å²) < 4.78 is 37.6. The molecule has 0 aromatic heterocycles. The first-order valence-corrected chi connectivity index (χ1v) is 5.77. The van der Waals surface area contributed by atoms with Gasteiger partial charge in [-0.05, 0) is 38.0 Å². The van der Waals surface area contributed by atoms with Crippen LogP contribution in [0.15, 0.2) is 0 Å². The monoisotopic (exact) mass is 221 g/mol. The minimum atomic E-state index is -4.04. The molecule has 1 nitrogen and oxygen atoms in total. The van der Waals surface area contributed by atoms with E-state index in [0.29, 0.717) is 12.3 Å². The van der Waals surface area contributed by atoms with Gasteiger partial charge in [0.2, 0.25) is 0 Å². The molecular weight excluding hydrogens is 203 g/mol. The zero-order valence-corrected chi connectivity index (χ0v) is 8.82. The smallest absolute Gasteiger partial charge is 0.325 e. The standard InChI is InChI=1S/C11H18F3N/c12-11(13,14)9-5-6-10(15,7-9)8-3-1-2-4-8/h8-9H,1-7,15H2. The summed E-state index contributed by atoms with van der Waals surface area (Å²) in [5.41, 5.74) is 5.63. The second-order valence-electron chi connectivity index (χ2n) is 5.20. The Morgan fingerprint density at radius 3 is 2.13 bits per heavy atom. The van der Waals surface area contributed by atoms with E-state index >= 15 is 0 Å². The number of nitrogens with two attached hydrogens (primary N) is 1. The first-order chi connectivity index (χ1) is 6.92. The fourth-order valence-electron chi connectivity index (χ4n) is 3.26. The molecule has 2 rings (SSSR count).